The van der Waals surface area contributed by atoms with Gasteiger partial charge in [0.05, 0.1) is 43.4 Å². The van der Waals surface area contributed by atoms with E-state index >= 15 is 0 Å². The Hall–Kier alpha value is -2.46. The van der Waals surface area contributed by atoms with Crippen molar-refractivity contribution in [3.63, 3.8) is 0 Å². The van der Waals surface area contributed by atoms with Crippen LogP contribution in [0.5, 0.6) is 0 Å². The first kappa shape index (κ1) is 36.3. The summed E-state index contributed by atoms with van der Waals surface area (Å²) in [6.45, 7) is 6.25. The van der Waals surface area contributed by atoms with Gasteiger partial charge in [-0.25, -0.2) is 8.42 Å². The number of morpholine rings is 1. The fraction of sp³-hybridized carbons (Fsp3) is 0.571. The van der Waals surface area contributed by atoms with Crippen molar-refractivity contribution in [2.45, 2.75) is 55.9 Å². The fourth-order valence-electron chi connectivity index (χ4n) is 7.14. The van der Waals surface area contributed by atoms with E-state index in [1.807, 2.05) is 6.07 Å². The first-order valence-corrected chi connectivity index (χ1v) is 19.9. The lowest BCUT2D eigenvalue weighted by atomic mass is 9.90. The number of alkyl halides is 3. The summed E-state index contributed by atoms with van der Waals surface area (Å²) >= 11 is 1.17. The fourth-order valence-corrected chi connectivity index (χ4v) is 9.05. The molecule has 1 aromatic heterocycles. The molecule has 1 N–H and O–H groups in total. The molecule has 6 rings (SSSR count). The van der Waals surface area contributed by atoms with E-state index in [-0.39, 0.29) is 24.5 Å². The Labute approximate surface area is 291 Å². The number of piperidine rings is 1. The third kappa shape index (κ3) is 9.46. The highest BCUT2D eigenvalue weighted by atomic mass is 32.2. The van der Waals surface area contributed by atoms with Crippen molar-refractivity contribution in [3.8, 4) is 11.3 Å². The summed E-state index contributed by atoms with van der Waals surface area (Å²) in [5.74, 6) is 1.09. The van der Waals surface area contributed by atoms with Crippen molar-refractivity contribution in [1.82, 2.24) is 23.9 Å². The number of thioether (sulfide) groups is 1. The van der Waals surface area contributed by atoms with Gasteiger partial charge in [-0.2, -0.15) is 22.6 Å². The lowest BCUT2D eigenvalue weighted by Gasteiger charge is -2.33. The van der Waals surface area contributed by atoms with Gasteiger partial charge < -0.3 is 14.7 Å². The molecule has 0 radical (unpaired) electrons. The van der Waals surface area contributed by atoms with Gasteiger partial charge in [0.15, 0.2) is 0 Å². The number of β-amino-alcohol motifs (C(OH)–C–C–N with tert-alkyl or cyclic N) is 1. The average Bonchev–Trinajstić information content (AvgIpc) is 3.43. The maximum Gasteiger partial charge on any atom is 0.417 e. The second-order valence-electron chi connectivity index (χ2n) is 13.4. The predicted molar refractivity (Wildman–Crippen MR) is 185 cm³/mol. The molecule has 2 saturated heterocycles. The van der Waals surface area contributed by atoms with Crippen LogP contribution in [0.25, 0.3) is 11.3 Å². The molecule has 0 amide bonds. The molecule has 3 aromatic rings. The summed E-state index contributed by atoms with van der Waals surface area (Å²) in [6.07, 6.45) is -0.497. The van der Waals surface area contributed by atoms with Crippen molar-refractivity contribution in [3.05, 3.63) is 70.9 Å². The summed E-state index contributed by atoms with van der Waals surface area (Å²) in [6, 6.07) is 14.6. The second-order valence-corrected chi connectivity index (χ2v) is 16.5. The SMILES string of the molecule is CS(=O)(=O)N1CCc2c(c(-c3ccc(C(F)(F)F)c(SCCN4CCOCC4)c3)nn2CC(O)CN2CCC(Cc3ccccc3)CC2)C1. The minimum Gasteiger partial charge on any atom is -0.390 e. The normalized spacial score (nSPS) is 19.6. The quantitative estimate of drug-likeness (QED) is 0.271. The molecule has 3 aliphatic heterocycles. The van der Waals surface area contributed by atoms with Gasteiger partial charge in [-0.1, -0.05) is 36.4 Å². The monoisotopic (exact) mass is 721 g/mol. The number of aliphatic hydroxyl groups is 1. The van der Waals surface area contributed by atoms with Crippen molar-refractivity contribution in [1.29, 1.82) is 0 Å². The first-order chi connectivity index (χ1) is 23.4. The van der Waals surface area contributed by atoms with Gasteiger partial charge in [-0.3, -0.25) is 9.58 Å². The van der Waals surface area contributed by atoms with Crippen LogP contribution >= 0.6 is 11.8 Å². The molecule has 0 bridgehead atoms. The highest BCUT2D eigenvalue weighted by Gasteiger charge is 2.35. The molecule has 0 saturated carbocycles. The maximum absolute atomic E-state index is 14.1. The zero-order valence-electron chi connectivity index (χ0n) is 27.9. The van der Waals surface area contributed by atoms with Gasteiger partial charge >= 0.3 is 6.18 Å². The molecule has 0 aliphatic carbocycles. The van der Waals surface area contributed by atoms with Crippen LogP contribution < -0.4 is 0 Å². The van der Waals surface area contributed by atoms with E-state index in [9.17, 15) is 26.7 Å². The van der Waals surface area contributed by atoms with Gasteiger partial charge in [0.25, 0.3) is 0 Å². The van der Waals surface area contributed by atoms with E-state index in [1.165, 1.54) is 33.8 Å². The molecule has 0 spiro atoms. The number of nitrogens with zero attached hydrogens (tertiary/aromatic N) is 5. The molecule has 3 aliphatic rings. The molecule has 2 aromatic carbocycles. The Morgan fingerprint density at radius 2 is 1.73 bits per heavy atom. The van der Waals surface area contributed by atoms with Crippen molar-refractivity contribution in [2.24, 2.45) is 5.92 Å². The van der Waals surface area contributed by atoms with E-state index in [1.54, 1.807) is 4.68 Å². The third-order valence-electron chi connectivity index (χ3n) is 9.82. The summed E-state index contributed by atoms with van der Waals surface area (Å²) in [5.41, 5.74) is 3.11. The molecule has 49 heavy (non-hydrogen) atoms. The number of halogens is 3. The number of ether oxygens (including phenoxy) is 1. The standard InChI is InChI=1S/C35H46F3N5O4S2/c1-49(45,46)42-14-11-32-30(25-42)34(28-7-8-31(35(36,37)38)33(22-28)48-20-17-40-15-18-47-19-16-40)39-43(32)24-29(44)23-41-12-9-27(10-13-41)21-26-5-3-2-4-6-26/h2-8,22,27,29,44H,9-21,23-25H2,1H3. The largest absolute Gasteiger partial charge is 0.417 e. The van der Waals surface area contributed by atoms with E-state index in [4.69, 9.17) is 9.84 Å². The number of aliphatic hydroxyl groups excluding tert-OH is 1. The maximum atomic E-state index is 14.1. The molecule has 9 nitrogen and oxygen atoms in total. The van der Waals surface area contributed by atoms with Crippen LogP contribution in [0, 0.1) is 5.92 Å². The molecule has 1 atom stereocenters. The minimum absolute atomic E-state index is 0.0784. The van der Waals surface area contributed by atoms with Crippen molar-refractivity contribution >= 4 is 21.8 Å². The molecular formula is C35H46F3N5O4S2. The Bertz CT molecular complexity index is 1660. The predicted octanol–water partition coefficient (Wildman–Crippen LogP) is 4.63. The number of hydrogen-bond acceptors (Lipinski definition) is 8. The number of sulfonamides is 1. The zero-order valence-corrected chi connectivity index (χ0v) is 29.6. The molecular weight excluding hydrogens is 676 g/mol. The Morgan fingerprint density at radius 1 is 1.00 bits per heavy atom. The Kier molecular flexibility index (Phi) is 11.7. The van der Waals surface area contributed by atoms with Gasteiger partial charge in [0.1, 0.15) is 0 Å². The number of aromatic nitrogens is 2. The van der Waals surface area contributed by atoms with Gasteiger partial charge in [0, 0.05) is 73.2 Å². The van der Waals surface area contributed by atoms with Crippen LogP contribution in [0.15, 0.2) is 53.4 Å². The Balaban J connectivity index is 1.19. The van der Waals surface area contributed by atoms with E-state index in [0.717, 1.165) is 63.5 Å². The number of likely N-dealkylation sites (tertiary alicyclic amines) is 1. The number of rotatable bonds is 12. The van der Waals surface area contributed by atoms with Gasteiger partial charge in [0.2, 0.25) is 10.0 Å². The van der Waals surface area contributed by atoms with Crippen LogP contribution in [0.1, 0.15) is 35.2 Å². The molecule has 1 unspecified atom stereocenters. The highest BCUT2D eigenvalue weighted by molar-refractivity contribution is 7.99. The Morgan fingerprint density at radius 3 is 2.43 bits per heavy atom. The topological polar surface area (TPSA) is 91.1 Å². The van der Waals surface area contributed by atoms with Crippen LogP contribution in [-0.4, -0.2) is 115 Å². The lowest BCUT2D eigenvalue weighted by molar-refractivity contribution is -0.139. The van der Waals surface area contributed by atoms with Gasteiger partial charge in [-0.15, -0.1) is 11.8 Å². The number of benzene rings is 2. The highest BCUT2D eigenvalue weighted by Crippen LogP contribution is 2.40. The molecule has 2 fully saturated rings. The van der Waals surface area contributed by atoms with Crippen LogP contribution in [0.2, 0.25) is 0 Å². The van der Waals surface area contributed by atoms with Gasteiger partial charge in [-0.05, 0) is 56.0 Å². The third-order valence-corrected chi connectivity index (χ3v) is 12.1. The van der Waals surface area contributed by atoms with Crippen molar-refractivity contribution < 1.29 is 31.4 Å². The van der Waals surface area contributed by atoms with Crippen molar-refractivity contribution in [2.75, 3.05) is 71.0 Å². The summed E-state index contributed by atoms with van der Waals surface area (Å²) < 4.78 is 76.0. The van der Waals surface area contributed by atoms with E-state index < -0.39 is 27.9 Å². The second kappa shape index (κ2) is 15.8. The molecule has 4 heterocycles. The zero-order chi connectivity index (χ0) is 34.6. The smallest absolute Gasteiger partial charge is 0.390 e. The summed E-state index contributed by atoms with van der Waals surface area (Å²) in [7, 11) is -3.51. The number of fused-ring (bicyclic) bond motifs is 1. The molecule has 268 valence electrons. The first-order valence-electron chi connectivity index (χ1n) is 17.1. The van der Waals surface area contributed by atoms with Crippen LogP contribution in [0.3, 0.4) is 0 Å². The molecule has 14 heteroatoms. The van der Waals surface area contributed by atoms with Crippen LogP contribution in [0.4, 0.5) is 13.2 Å². The van der Waals surface area contributed by atoms with Crippen LogP contribution in [-0.2, 0) is 46.9 Å². The average molecular weight is 722 g/mol. The lowest BCUT2D eigenvalue weighted by Crippen LogP contribution is -2.41. The minimum atomic E-state index is -4.52. The van der Waals surface area contributed by atoms with E-state index in [0.29, 0.717) is 61.2 Å². The van der Waals surface area contributed by atoms with E-state index in [2.05, 4.69) is 34.1 Å². The summed E-state index contributed by atoms with van der Waals surface area (Å²) in [4.78, 5) is 4.59. The summed E-state index contributed by atoms with van der Waals surface area (Å²) in [5, 5.41) is 16.1. The number of hydrogen-bond donors (Lipinski definition) is 1.